The molecule has 3 aromatic rings. The van der Waals surface area contributed by atoms with Crippen LogP contribution in [0.3, 0.4) is 0 Å². The predicted octanol–water partition coefficient (Wildman–Crippen LogP) is 4.24. The van der Waals surface area contributed by atoms with E-state index in [1.54, 1.807) is 30.5 Å². The minimum Gasteiger partial charge on any atom is -0.481 e. The minimum atomic E-state index is -0.242. The van der Waals surface area contributed by atoms with Crippen LogP contribution in [-0.2, 0) is 11.3 Å². The van der Waals surface area contributed by atoms with Crippen LogP contribution in [0.4, 0.5) is 0 Å². The molecule has 1 heterocycles. The normalized spacial score (nSPS) is 10.6. The van der Waals surface area contributed by atoms with Crippen molar-refractivity contribution in [1.29, 1.82) is 0 Å². The number of rotatable bonds is 5. The largest absolute Gasteiger partial charge is 0.481 e. The lowest BCUT2D eigenvalue weighted by molar-refractivity contribution is -0.123. The highest BCUT2D eigenvalue weighted by Gasteiger charge is 2.08. The van der Waals surface area contributed by atoms with E-state index in [1.165, 1.54) is 0 Å². The minimum absolute atomic E-state index is 0.0963. The standard InChI is InChI=1S/C18H14Cl2N2O2/c19-14-7-6-13(15(20)9-14)10-22-17(23)11-24-16-5-1-3-12-4-2-8-21-18(12)16/h1-9H,10-11H2,(H,22,23). The molecule has 1 N–H and O–H groups in total. The smallest absolute Gasteiger partial charge is 0.258 e. The summed E-state index contributed by atoms with van der Waals surface area (Å²) >= 11 is 11.9. The molecular formula is C18H14Cl2N2O2. The van der Waals surface area contributed by atoms with Crippen LogP contribution < -0.4 is 10.1 Å². The molecule has 0 aliphatic carbocycles. The van der Waals surface area contributed by atoms with Gasteiger partial charge in [-0.3, -0.25) is 9.78 Å². The van der Waals surface area contributed by atoms with Gasteiger partial charge in [-0.05, 0) is 29.8 Å². The highest BCUT2D eigenvalue weighted by atomic mass is 35.5. The maximum absolute atomic E-state index is 12.0. The molecule has 0 aliphatic heterocycles. The Morgan fingerprint density at radius 3 is 2.79 bits per heavy atom. The SMILES string of the molecule is O=C(COc1cccc2cccnc12)NCc1ccc(Cl)cc1Cl. The number of benzene rings is 2. The summed E-state index contributed by atoms with van der Waals surface area (Å²) in [4.78, 5) is 16.3. The number of hydrogen-bond donors (Lipinski definition) is 1. The van der Waals surface area contributed by atoms with Crippen molar-refractivity contribution < 1.29 is 9.53 Å². The number of pyridine rings is 1. The lowest BCUT2D eigenvalue weighted by Crippen LogP contribution is -2.28. The average molecular weight is 361 g/mol. The van der Waals surface area contributed by atoms with E-state index in [4.69, 9.17) is 27.9 Å². The van der Waals surface area contributed by atoms with Gasteiger partial charge in [0.05, 0.1) is 0 Å². The van der Waals surface area contributed by atoms with Crippen molar-refractivity contribution in [2.45, 2.75) is 6.54 Å². The molecule has 0 saturated heterocycles. The molecule has 0 unspecified atom stereocenters. The monoisotopic (exact) mass is 360 g/mol. The Labute approximate surface area is 149 Å². The average Bonchev–Trinajstić information content (AvgIpc) is 2.59. The Balaban J connectivity index is 1.59. The highest BCUT2D eigenvalue weighted by molar-refractivity contribution is 6.35. The molecule has 0 fully saturated rings. The van der Waals surface area contributed by atoms with Crippen LogP contribution in [-0.4, -0.2) is 17.5 Å². The number of fused-ring (bicyclic) bond motifs is 1. The fraction of sp³-hybridized carbons (Fsp3) is 0.111. The molecule has 24 heavy (non-hydrogen) atoms. The summed E-state index contributed by atoms with van der Waals surface area (Å²) in [5, 5.41) is 4.80. The number of amides is 1. The van der Waals surface area contributed by atoms with Crippen LogP contribution in [0.15, 0.2) is 54.7 Å². The van der Waals surface area contributed by atoms with Gasteiger partial charge in [0.25, 0.3) is 5.91 Å². The van der Waals surface area contributed by atoms with E-state index >= 15 is 0 Å². The van der Waals surface area contributed by atoms with Gasteiger partial charge in [-0.15, -0.1) is 0 Å². The Morgan fingerprint density at radius 2 is 1.96 bits per heavy atom. The van der Waals surface area contributed by atoms with Crippen LogP contribution in [0.25, 0.3) is 10.9 Å². The van der Waals surface area contributed by atoms with Crippen LogP contribution >= 0.6 is 23.2 Å². The number of carbonyl (C=O) groups is 1. The number of hydrogen-bond acceptors (Lipinski definition) is 3. The summed E-state index contributed by atoms with van der Waals surface area (Å²) in [7, 11) is 0. The molecule has 122 valence electrons. The molecule has 4 nitrogen and oxygen atoms in total. The van der Waals surface area contributed by atoms with Crippen LogP contribution in [0.1, 0.15) is 5.56 Å². The first kappa shape index (κ1) is 16.6. The van der Waals surface area contributed by atoms with Crippen LogP contribution in [0, 0.1) is 0 Å². The van der Waals surface area contributed by atoms with Crippen molar-refractivity contribution >= 4 is 40.0 Å². The summed E-state index contributed by atoms with van der Waals surface area (Å²) in [5.41, 5.74) is 1.52. The third kappa shape index (κ3) is 3.96. The van der Waals surface area contributed by atoms with E-state index in [2.05, 4.69) is 10.3 Å². The van der Waals surface area contributed by atoms with Gasteiger partial charge >= 0.3 is 0 Å². The fourth-order valence-electron chi connectivity index (χ4n) is 2.25. The van der Waals surface area contributed by atoms with Gasteiger partial charge < -0.3 is 10.1 Å². The quantitative estimate of drug-likeness (QED) is 0.740. The van der Waals surface area contributed by atoms with Crippen molar-refractivity contribution in [1.82, 2.24) is 10.3 Å². The predicted molar refractivity (Wildman–Crippen MR) is 95.5 cm³/mol. The molecular weight excluding hydrogens is 347 g/mol. The second-order valence-electron chi connectivity index (χ2n) is 5.13. The van der Waals surface area contributed by atoms with Gasteiger partial charge in [0.1, 0.15) is 11.3 Å². The van der Waals surface area contributed by atoms with Crippen molar-refractivity contribution in [2.75, 3.05) is 6.61 Å². The van der Waals surface area contributed by atoms with Crippen LogP contribution in [0.5, 0.6) is 5.75 Å². The molecule has 0 bridgehead atoms. The van der Waals surface area contributed by atoms with E-state index in [-0.39, 0.29) is 12.5 Å². The maximum Gasteiger partial charge on any atom is 0.258 e. The zero-order chi connectivity index (χ0) is 16.9. The summed E-state index contributed by atoms with van der Waals surface area (Å²) in [6.07, 6.45) is 1.69. The molecule has 1 aromatic heterocycles. The molecule has 0 spiro atoms. The zero-order valence-electron chi connectivity index (χ0n) is 12.6. The molecule has 6 heteroatoms. The van der Waals surface area contributed by atoms with Crippen molar-refractivity contribution in [3.05, 3.63) is 70.3 Å². The van der Waals surface area contributed by atoms with Gasteiger partial charge in [0.2, 0.25) is 0 Å². The summed E-state index contributed by atoms with van der Waals surface area (Å²) in [6, 6.07) is 14.5. The van der Waals surface area contributed by atoms with E-state index in [1.807, 2.05) is 24.3 Å². The first-order valence-electron chi connectivity index (χ1n) is 7.30. The Morgan fingerprint density at radius 1 is 1.12 bits per heavy atom. The molecule has 0 aliphatic rings. The van der Waals surface area contributed by atoms with Gasteiger partial charge in [-0.1, -0.05) is 47.5 Å². The summed E-state index contributed by atoms with van der Waals surface area (Å²) in [5.74, 6) is 0.335. The first-order chi connectivity index (χ1) is 11.6. The molecule has 3 rings (SSSR count). The topological polar surface area (TPSA) is 51.2 Å². The third-order valence-corrected chi connectivity index (χ3v) is 4.03. The van der Waals surface area contributed by atoms with Gasteiger partial charge in [-0.25, -0.2) is 0 Å². The Bertz CT molecular complexity index is 879. The van der Waals surface area contributed by atoms with E-state index in [9.17, 15) is 4.79 Å². The second-order valence-corrected chi connectivity index (χ2v) is 5.98. The maximum atomic E-state index is 12.0. The number of halogens is 2. The first-order valence-corrected chi connectivity index (χ1v) is 8.06. The van der Waals surface area contributed by atoms with Crippen molar-refractivity contribution in [3.8, 4) is 5.75 Å². The van der Waals surface area contributed by atoms with Crippen molar-refractivity contribution in [3.63, 3.8) is 0 Å². The lowest BCUT2D eigenvalue weighted by Gasteiger charge is -2.10. The number of nitrogens with zero attached hydrogens (tertiary/aromatic N) is 1. The summed E-state index contributed by atoms with van der Waals surface area (Å²) in [6.45, 7) is 0.215. The lowest BCUT2D eigenvalue weighted by atomic mass is 10.2. The van der Waals surface area contributed by atoms with Gasteiger partial charge in [0, 0.05) is 28.2 Å². The van der Waals surface area contributed by atoms with Gasteiger partial charge in [-0.2, -0.15) is 0 Å². The Hall–Kier alpha value is -2.30. The number of carbonyl (C=O) groups excluding carboxylic acids is 1. The van der Waals surface area contributed by atoms with Crippen molar-refractivity contribution in [2.24, 2.45) is 0 Å². The molecule has 1 amide bonds. The number of nitrogens with one attached hydrogen (secondary N) is 1. The van der Waals surface area contributed by atoms with Crippen LogP contribution in [0.2, 0.25) is 10.0 Å². The fourth-order valence-corrected chi connectivity index (χ4v) is 2.72. The molecule has 0 atom stereocenters. The third-order valence-electron chi connectivity index (χ3n) is 3.45. The number of aromatic nitrogens is 1. The Kier molecular flexibility index (Phi) is 5.18. The molecule has 0 radical (unpaired) electrons. The van der Waals surface area contributed by atoms with Gasteiger partial charge in [0.15, 0.2) is 6.61 Å². The van der Waals surface area contributed by atoms with E-state index in [0.717, 1.165) is 16.5 Å². The number of para-hydroxylation sites is 1. The molecule has 0 saturated carbocycles. The van der Waals surface area contributed by atoms with E-state index in [0.29, 0.717) is 22.3 Å². The second kappa shape index (κ2) is 7.51. The highest BCUT2D eigenvalue weighted by Crippen LogP contribution is 2.23. The zero-order valence-corrected chi connectivity index (χ0v) is 14.1. The number of ether oxygens (including phenoxy) is 1. The summed E-state index contributed by atoms with van der Waals surface area (Å²) < 4.78 is 5.59. The van der Waals surface area contributed by atoms with E-state index < -0.39 is 0 Å². The molecule has 2 aromatic carbocycles.